The fraction of sp³-hybridized carbons (Fsp3) is 0.300. The topological polar surface area (TPSA) is 51.8 Å². The minimum Gasteiger partial charge on any atom is -0.497 e. The summed E-state index contributed by atoms with van der Waals surface area (Å²) in [5, 5.41) is 5.09. The molecule has 0 amide bonds. The van der Waals surface area contributed by atoms with Gasteiger partial charge >= 0.3 is 0 Å². The van der Waals surface area contributed by atoms with Crippen LogP contribution in [0.3, 0.4) is 0 Å². The van der Waals surface area contributed by atoms with Gasteiger partial charge in [0, 0.05) is 11.1 Å². The lowest BCUT2D eigenvalue weighted by Gasteiger charge is -2.33. The largest absolute Gasteiger partial charge is 0.497 e. The molecule has 1 fully saturated rings. The van der Waals surface area contributed by atoms with E-state index >= 15 is 0 Å². The number of nitrogens with zero attached hydrogens (tertiary/aromatic N) is 3. The molecule has 0 saturated carbocycles. The third-order valence-electron chi connectivity index (χ3n) is 5.04. The number of quaternary nitrogens is 1. The Labute approximate surface area is 152 Å². The Hall–Kier alpha value is -2.86. The summed E-state index contributed by atoms with van der Waals surface area (Å²) in [5.74, 6) is 0.884. The van der Waals surface area contributed by atoms with Gasteiger partial charge in [-0.15, -0.1) is 0 Å². The first kappa shape index (κ1) is 16.6. The van der Waals surface area contributed by atoms with Crippen LogP contribution in [-0.4, -0.2) is 43.1 Å². The summed E-state index contributed by atoms with van der Waals surface area (Å²) >= 11 is 0. The highest BCUT2D eigenvalue weighted by Crippen LogP contribution is 2.19. The lowest BCUT2D eigenvalue weighted by molar-refractivity contribution is -0.923. The summed E-state index contributed by atoms with van der Waals surface area (Å²) in [4.78, 5) is 15.8. The van der Waals surface area contributed by atoms with Crippen molar-refractivity contribution in [3.05, 3.63) is 65.0 Å². The lowest BCUT2D eigenvalue weighted by atomic mass is 10.2. The van der Waals surface area contributed by atoms with Crippen LogP contribution >= 0.6 is 0 Å². The van der Waals surface area contributed by atoms with E-state index in [-0.39, 0.29) is 5.43 Å². The zero-order chi connectivity index (χ0) is 17.9. The predicted octanol–water partition coefficient (Wildman–Crippen LogP) is 0.768. The molecule has 0 unspecified atom stereocenters. The highest BCUT2D eigenvalue weighted by molar-refractivity contribution is 5.77. The molecule has 1 N–H and O–H groups in total. The van der Waals surface area contributed by atoms with Crippen LogP contribution in [0.5, 0.6) is 5.75 Å². The second kappa shape index (κ2) is 7.17. The normalized spacial score (nSPS) is 15.3. The van der Waals surface area contributed by atoms with Crippen LogP contribution in [-0.2, 0) is 6.67 Å². The average molecular weight is 351 g/mol. The van der Waals surface area contributed by atoms with Gasteiger partial charge in [0.1, 0.15) is 5.75 Å². The van der Waals surface area contributed by atoms with Crippen LogP contribution < -0.4 is 20.0 Å². The van der Waals surface area contributed by atoms with Gasteiger partial charge in [-0.3, -0.25) is 4.79 Å². The van der Waals surface area contributed by atoms with Gasteiger partial charge in [-0.2, -0.15) is 5.10 Å². The second-order valence-corrected chi connectivity index (χ2v) is 6.62. The maximum atomic E-state index is 12.0. The number of piperazine rings is 1. The average Bonchev–Trinajstić information content (AvgIpc) is 2.71. The van der Waals surface area contributed by atoms with Crippen molar-refractivity contribution in [2.24, 2.45) is 0 Å². The Kier molecular flexibility index (Phi) is 4.58. The highest BCUT2D eigenvalue weighted by Gasteiger charge is 2.21. The van der Waals surface area contributed by atoms with Crippen LogP contribution in [0.2, 0.25) is 0 Å². The Balaban J connectivity index is 1.44. The van der Waals surface area contributed by atoms with E-state index in [0.29, 0.717) is 0 Å². The van der Waals surface area contributed by atoms with Crippen molar-refractivity contribution in [2.45, 2.75) is 6.67 Å². The summed E-state index contributed by atoms with van der Waals surface area (Å²) < 4.78 is 7.18. The van der Waals surface area contributed by atoms with Gasteiger partial charge in [0.05, 0.1) is 45.0 Å². The van der Waals surface area contributed by atoms with Gasteiger partial charge < -0.3 is 14.5 Å². The molecule has 0 spiro atoms. The summed E-state index contributed by atoms with van der Waals surface area (Å²) in [7, 11) is 1.69. The van der Waals surface area contributed by atoms with E-state index in [4.69, 9.17) is 4.74 Å². The quantitative estimate of drug-likeness (QED) is 0.754. The molecule has 0 atom stereocenters. The number of nitrogens with one attached hydrogen (secondary N) is 1. The Morgan fingerprint density at radius 2 is 1.81 bits per heavy atom. The monoisotopic (exact) mass is 351 g/mol. The molecule has 0 radical (unpaired) electrons. The molecular formula is C20H23N4O2+. The molecule has 2 heterocycles. The number of anilines is 1. The van der Waals surface area contributed by atoms with Crippen molar-refractivity contribution < 1.29 is 9.64 Å². The van der Waals surface area contributed by atoms with Crippen molar-refractivity contribution in [3.8, 4) is 5.75 Å². The third kappa shape index (κ3) is 3.28. The van der Waals surface area contributed by atoms with Crippen molar-refractivity contribution in [2.75, 3.05) is 38.2 Å². The molecule has 1 aliphatic rings. The van der Waals surface area contributed by atoms with Crippen molar-refractivity contribution >= 4 is 16.6 Å². The molecule has 0 aliphatic carbocycles. The molecular weight excluding hydrogens is 328 g/mol. The summed E-state index contributed by atoms with van der Waals surface area (Å²) in [5.41, 5.74) is 2.12. The highest BCUT2D eigenvalue weighted by atomic mass is 16.5. The smallest absolute Gasteiger partial charge is 0.207 e. The number of para-hydroxylation sites is 1. The predicted molar refractivity (Wildman–Crippen MR) is 102 cm³/mol. The molecule has 26 heavy (non-hydrogen) atoms. The van der Waals surface area contributed by atoms with E-state index < -0.39 is 0 Å². The van der Waals surface area contributed by atoms with Crippen LogP contribution in [0.15, 0.2) is 59.5 Å². The van der Waals surface area contributed by atoms with Gasteiger partial charge in [0.2, 0.25) is 5.43 Å². The maximum Gasteiger partial charge on any atom is 0.207 e. The van der Waals surface area contributed by atoms with E-state index in [1.54, 1.807) is 7.11 Å². The van der Waals surface area contributed by atoms with E-state index in [1.807, 2.05) is 41.1 Å². The van der Waals surface area contributed by atoms with E-state index in [1.165, 1.54) is 16.8 Å². The number of benzene rings is 2. The Bertz CT molecular complexity index is 944. The van der Waals surface area contributed by atoms with Gasteiger partial charge in [-0.05, 0) is 36.4 Å². The standard InChI is InChI=1S/C20H22N4O2/c1-26-17-8-6-16(7-9-17)23-12-10-22(11-13-23)15-24-19-5-3-2-4-18(19)20(25)14-21-24/h2-9,14H,10-13,15H2,1H3/p+1. The summed E-state index contributed by atoms with van der Waals surface area (Å²) in [6.45, 7) is 4.85. The lowest BCUT2D eigenvalue weighted by Crippen LogP contribution is -3.14. The molecule has 1 aromatic heterocycles. The number of aromatic nitrogens is 2. The number of hydrogen-bond acceptors (Lipinski definition) is 4. The summed E-state index contributed by atoms with van der Waals surface area (Å²) in [6.07, 6.45) is 1.43. The van der Waals surface area contributed by atoms with Crippen molar-refractivity contribution in [3.63, 3.8) is 0 Å². The van der Waals surface area contributed by atoms with Crippen LogP contribution in [0.4, 0.5) is 5.69 Å². The first-order valence-electron chi connectivity index (χ1n) is 8.92. The minimum atomic E-state index is -0.0174. The molecule has 3 aromatic rings. The number of rotatable bonds is 4. The van der Waals surface area contributed by atoms with Gasteiger partial charge in [-0.1, -0.05) is 12.1 Å². The van der Waals surface area contributed by atoms with Gasteiger partial charge in [0.15, 0.2) is 6.67 Å². The molecule has 4 rings (SSSR count). The number of hydrogen-bond donors (Lipinski definition) is 1. The first-order chi connectivity index (χ1) is 12.7. The number of ether oxygens (including phenoxy) is 1. The van der Waals surface area contributed by atoms with E-state index in [2.05, 4.69) is 22.1 Å². The van der Waals surface area contributed by atoms with Crippen molar-refractivity contribution in [1.29, 1.82) is 0 Å². The molecule has 0 bridgehead atoms. The Morgan fingerprint density at radius 3 is 2.54 bits per heavy atom. The van der Waals surface area contributed by atoms with E-state index in [9.17, 15) is 4.79 Å². The SMILES string of the molecule is COc1ccc(N2CC[NH+](Cn3ncc(=O)c4ccccc43)CC2)cc1. The summed E-state index contributed by atoms with van der Waals surface area (Å²) in [6, 6.07) is 15.9. The zero-order valence-corrected chi connectivity index (χ0v) is 14.9. The van der Waals surface area contributed by atoms with Gasteiger partial charge in [0.25, 0.3) is 0 Å². The van der Waals surface area contributed by atoms with Crippen LogP contribution in [0, 0.1) is 0 Å². The second-order valence-electron chi connectivity index (χ2n) is 6.62. The number of methoxy groups -OCH3 is 1. The Morgan fingerprint density at radius 1 is 1.08 bits per heavy atom. The molecule has 1 aliphatic heterocycles. The van der Waals surface area contributed by atoms with Gasteiger partial charge in [-0.25, -0.2) is 4.68 Å². The van der Waals surface area contributed by atoms with Crippen LogP contribution in [0.1, 0.15) is 0 Å². The van der Waals surface area contributed by atoms with Crippen molar-refractivity contribution in [1.82, 2.24) is 9.78 Å². The zero-order valence-electron chi connectivity index (χ0n) is 14.9. The minimum absolute atomic E-state index is 0.0174. The third-order valence-corrected chi connectivity index (χ3v) is 5.04. The molecule has 6 nitrogen and oxygen atoms in total. The molecule has 2 aromatic carbocycles. The van der Waals surface area contributed by atoms with E-state index in [0.717, 1.165) is 49.5 Å². The number of fused-ring (bicyclic) bond motifs is 1. The first-order valence-corrected chi connectivity index (χ1v) is 8.92. The molecule has 1 saturated heterocycles. The van der Waals surface area contributed by atoms with Crippen LogP contribution in [0.25, 0.3) is 10.9 Å². The fourth-order valence-corrected chi connectivity index (χ4v) is 3.53. The maximum absolute atomic E-state index is 12.0. The fourth-order valence-electron chi connectivity index (χ4n) is 3.53. The molecule has 6 heteroatoms. The molecule has 134 valence electrons.